The fourth-order valence-corrected chi connectivity index (χ4v) is 3.21. The van der Waals surface area contributed by atoms with Crippen LogP contribution in [0.2, 0.25) is 0 Å². The lowest BCUT2D eigenvalue weighted by Crippen LogP contribution is -2.52. The van der Waals surface area contributed by atoms with E-state index in [9.17, 15) is 9.59 Å². The molecule has 1 unspecified atom stereocenters. The van der Waals surface area contributed by atoms with Crippen molar-refractivity contribution in [2.75, 3.05) is 26.2 Å². The Morgan fingerprint density at radius 1 is 1.37 bits per heavy atom. The molecule has 2 fully saturated rings. The molecule has 0 saturated carbocycles. The van der Waals surface area contributed by atoms with Gasteiger partial charge in [-0.05, 0) is 45.1 Å². The molecule has 5 nitrogen and oxygen atoms in total. The zero-order valence-electron chi connectivity index (χ0n) is 11.7. The Hall–Kier alpha value is -1.10. The molecule has 2 heterocycles. The van der Waals surface area contributed by atoms with Gasteiger partial charge in [-0.2, -0.15) is 0 Å². The number of aliphatic carboxylic acids is 1. The van der Waals surface area contributed by atoms with Crippen LogP contribution in [-0.4, -0.2) is 48.1 Å². The van der Waals surface area contributed by atoms with Gasteiger partial charge in [0.05, 0.1) is 5.41 Å². The first kappa shape index (κ1) is 14.3. The molecule has 1 atom stereocenters. The van der Waals surface area contributed by atoms with Crippen LogP contribution in [0, 0.1) is 11.3 Å². The average Bonchev–Trinajstić information content (AvgIpc) is 2.39. The first-order valence-corrected chi connectivity index (χ1v) is 7.23. The lowest BCUT2D eigenvalue weighted by molar-refractivity contribution is -0.144. The zero-order chi connectivity index (χ0) is 13.9. The van der Waals surface area contributed by atoms with Gasteiger partial charge in [0.15, 0.2) is 0 Å². The number of hydrogen-bond acceptors (Lipinski definition) is 3. The molecule has 2 rings (SSSR count). The molecule has 0 bridgehead atoms. The predicted molar refractivity (Wildman–Crippen MR) is 71.8 cm³/mol. The Bertz CT molecular complexity index is 343. The van der Waals surface area contributed by atoms with Gasteiger partial charge >= 0.3 is 5.97 Å². The quantitative estimate of drug-likeness (QED) is 0.804. The number of carboxylic acids is 1. The highest BCUT2D eigenvalue weighted by molar-refractivity contribution is 5.83. The van der Waals surface area contributed by atoms with Crippen molar-refractivity contribution in [3.63, 3.8) is 0 Å². The Labute approximate surface area is 114 Å². The maximum Gasteiger partial charge on any atom is 0.303 e. The minimum absolute atomic E-state index is 0.235. The summed E-state index contributed by atoms with van der Waals surface area (Å²) in [6.45, 7) is 5.24. The van der Waals surface area contributed by atoms with Crippen LogP contribution >= 0.6 is 0 Å². The molecule has 108 valence electrons. The molecule has 0 radical (unpaired) electrons. The fourth-order valence-electron chi connectivity index (χ4n) is 3.21. The van der Waals surface area contributed by atoms with E-state index in [4.69, 9.17) is 5.11 Å². The SMILES string of the molecule is CC1(C(=O)N2CCC(CC(=O)O)CC2)CCCNC1. The van der Waals surface area contributed by atoms with Crippen LogP contribution in [0.3, 0.4) is 0 Å². The summed E-state index contributed by atoms with van der Waals surface area (Å²) in [6, 6.07) is 0. The Morgan fingerprint density at radius 3 is 2.58 bits per heavy atom. The molecule has 2 aliphatic rings. The number of likely N-dealkylation sites (tertiary alicyclic amines) is 1. The Kier molecular flexibility index (Phi) is 4.45. The van der Waals surface area contributed by atoms with Gasteiger partial charge in [0.2, 0.25) is 5.91 Å². The monoisotopic (exact) mass is 268 g/mol. The second kappa shape index (κ2) is 5.90. The van der Waals surface area contributed by atoms with Crippen LogP contribution in [0.4, 0.5) is 0 Å². The van der Waals surface area contributed by atoms with E-state index in [0.29, 0.717) is 13.1 Å². The number of rotatable bonds is 3. The van der Waals surface area contributed by atoms with Crippen molar-refractivity contribution in [3.8, 4) is 0 Å². The molecule has 19 heavy (non-hydrogen) atoms. The van der Waals surface area contributed by atoms with Gasteiger partial charge in [-0.1, -0.05) is 0 Å². The summed E-state index contributed by atoms with van der Waals surface area (Å²) in [4.78, 5) is 25.2. The molecule has 2 aliphatic heterocycles. The summed E-state index contributed by atoms with van der Waals surface area (Å²) in [5.74, 6) is -0.250. The van der Waals surface area contributed by atoms with E-state index in [0.717, 1.165) is 38.8 Å². The maximum absolute atomic E-state index is 12.6. The summed E-state index contributed by atoms with van der Waals surface area (Å²) < 4.78 is 0. The molecule has 2 saturated heterocycles. The van der Waals surface area contributed by atoms with Gasteiger partial charge in [0, 0.05) is 26.1 Å². The van der Waals surface area contributed by atoms with E-state index in [1.807, 2.05) is 11.8 Å². The highest BCUT2D eigenvalue weighted by Crippen LogP contribution is 2.30. The third-order valence-corrected chi connectivity index (χ3v) is 4.48. The van der Waals surface area contributed by atoms with Crippen molar-refractivity contribution in [2.45, 2.75) is 39.0 Å². The van der Waals surface area contributed by atoms with Crippen molar-refractivity contribution in [3.05, 3.63) is 0 Å². The van der Waals surface area contributed by atoms with Crippen LogP contribution < -0.4 is 5.32 Å². The number of carbonyl (C=O) groups excluding carboxylic acids is 1. The minimum Gasteiger partial charge on any atom is -0.481 e. The van der Waals surface area contributed by atoms with E-state index in [-0.39, 0.29) is 23.7 Å². The number of carbonyl (C=O) groups is 2. The van der Waals surface area contributed by atoms with Crippen LogP contribution in [-0.2, 0) is 9.59 Å². The molecule has 0 aromatic heterocycles. The number of hydrogen-bond donors (Lipinski definition) is 2. The largest absolute Gasteiger partial charge is 0.481 e. The molecular formula is C14H24N2O3. The zero-order valence-corrected chi connectivity index (χ0v) is 11.7. The lowest BCUT2D eigenvalue weighted by Gasteiger charge is -2.40. The van der Waals surface area contributed by atoms with Gasteiger partial charge in [-0.3, -0.25) is 9.59 Å². The third-order valence-electron chi connectivity index (χ3n) is 4.48. The molecule has 2 N–H and O–H groups in total. The number of piperidine rings is 2. The van der Waals surface area contributed by atoms with Gasteiger partial charge in [-0.25, -0.2) is 0 Å². The standard InChI is InChI=1S/C14H24N2O3/c1-14(5-2-6-15-10-14)13(19)16-7-3-11(4-8-16)9-12(17)18/h11,15H,2-10H2,1H3,(H,17,18). The molecule has 1 amide bonds. The summed E-state index contributed by atoms with van der Waals surface area (Å²) in [7, 11) is 0. The molecule has 0 aliphatic carbocycles. The third kappa shape index (κ3) is 3.47. The first-order chi connectivity index (χ1) is 9.01. The predicted octanol–water partition coefficient (Wildman–Crippen LogP) is 1.09. The summed E-state index contributed by atoms with van der Waals surface area (Å²) in [5.41, 5.74) is -0.266. The van der Waals surface area contributed by atoms with E-state index in [1.54, 1.807) is 0 Å². The van der Waals surface area contributed by atoms with Crippen molar-refractivity contribution in [1.29, 1.82) is 0 Å². The number of amides is 1. The van der Waals surface area contributed by atoms with Crippen molar-refractivity contribution >= 4 is 11.9 Å². The smallest absolute Gasteiger partial charge is 0.303 e. The Balaban J connectivity index is 1.86. The molecule has 5 heteroatoms. The minimum atomic E-state index is -0.729. The van der Waals surface area contributed by atoms with Gasteiger partial charge < -0.3 is 15.3 Å². The second-order valence-electron chi connectivity index (χ2n) is 6.17. The van der Waals surface area contributed by atoms with Crippen LogP contribution in [0.5, 0.6) is 0 Å². The van der Waals surface area contributed by atoms with Crippen LogP contribution in [0.1, 0.15) is 39.0 Å². The highest BCUT2D eigenvalue weighted by Gasteiger charge is 2.38. The number of nitrogens with zero attached hydrogens (tertiary/aromatic N) is 1. The van der Waals surface area contributed by atoms with Crippen molar-refractivity contribution in [2.24, 2.45) is 11.3 Å². The molecular weight excluding hydrogens is 244 g/mol. The average molecular weight is 268 g/mol. The lowest BCUT2D eigenvalue weighted by atomic mass is 9.80. The molecule has 0 spiro atoms. The Morgan fingerprint density at radius 2 is 2.05 bits per heavy atom. The second-order valence-corrected chi connectivity index (χ2v) is 6.17. The number of nitrogens with one attached hydrogen (secondary N) is 1. The first-order valence-electron chi connectivity index (χ1n) is 7.23. The van der Waals surface area contributed by atoms with Crippen LogP contribution in [0.25, 0.3) is 0 Å². The van der Waals surface area contributed by atoms with Gasteiger partial charge in [0.25, 0.3) is 0 Å². The van der Waals surface area contributed by atoms with E-state index < -0.39 is 5.97 Å². The normalized spacial score (nSPS) is 29.2. The summed E-state index contributed by atoms with van der Waals surface area (Å²) in [5, 5.41) is 12.1. The summed E-state index contributed by atoms with van der Waals surface area (Å²) >= 11 is 0. The van der Waals surface area contributed by atoms with E-state index in [2.05, 4.69) is 5.32 Å². The van der Waals surface area contributed by atoms with E-state index >= 15 is 0 Å². The summed E-state index contributed by atoms with van der Waals surface area (Å²) in [6.07, 6.45) is 3.88. The van der Waals surface area contributed by atoms with E-state index in [1.165, 1.54) is 0 Å². The fraction of sp³-hybridized carbons (Fsp3) is 0.857. The topological polar surface area (TPSA) is 69.6 Å². The maximum atomic E-state index is 12.6. The molecule has 0 aromatic rings. The molecule has 0 aromatic carbocycles. The highest BCUT2D eigenvalue weighted by atomic mass is 16.4. The van der Waals surface area contributed by atoms with Crippen molar-refractivity contribution < 1.29 is 14.7 Å². The number of carboxylic acid groups (broad SMARTS) is 1. The van der Waals surface area contributed by atoms with Gasteiger partial charge in [-0.15, -0.1) is 0 Å². The van der Waals surface area contributed by atoms with Gasteiger partial charge in [0.1, 0.15) is 0 Å². The van der Waals surface area contributed by atoms with Crippen molar-refractivity contribution in [1.82, 2.24) is 10.2 Å². The van der Waals surface area contributed by atoms with Crippen LogP contribution in [0.15, 0.2) is 0 Å².